The largest absolute Gasteiger partial charge is 0.476 e. The first kappa shape index (κ1) is 10.4. The molecule has 5 heteroatoms. The number of carbonyl (C=O) groups is 1. The number of hydrogen-bond acceptors (Lipinski definition) is 2. The molecule has 0 radical (unpaired) electrons. The van der Waals surface area contributed by atoms with E-state index in [9.17, 15) is 9.18 Å². The quantitative estimate of drug-likeness (QED) is 0.815. The summed E-state index contributed by atoms with van der Waals surface area (Å²) in [6.45, 7) is 1.61. The van der Waals surface area contributed by atoms with Crippen LogP contribution in [0.2, 0.25) is 0 Å². The van der Waals surface area contributed by atoms with Gasteiger partial charge in [0.25, 0.3) is 0 Å². The number of aromatic amines is 1. The lowest BCUT2D eigenvalue weighted by Crippen LogP contribution is -1.98. The minimum absolute atomic E-state index is 0.0424. The van der Waals surface area contributed by atoms with Crippen LogP contribution < -0.4 is 0 Å². The average molecular weight is 220 g/mol. The van der Waals surface area contributed by atoms with Gasteiger partial charge < -0.3 is 10.1 Å². The third-order valence-electron chi connectivity index (χ3n) is 2.19. The Labute approximate surface area is 90.8 Å². The summed E-state index contributed by atoms with van der Waals surface area (Å²) in [4.78, 5) is 17.5. The van der Waals surface area contributed by atoms with E-state index >= 15 is 0 Å². The number of nitrogens with zero attached hydrogens (tertiary/aromatic N) is 1. The molecule has 2 rings (SSSR count). The first-order chi connectivity index (χ1) is 7.58. The van der Waals surface area contributed by atoms with Crippen LogP contribution >= 0.6 is 0 Å². The van der Waals surface area contributed by atoms with Crippen LogP contribution in [0.15, 0.2) is 24.3 Å². The van der Waals surface area contributed by atoms with Crippen LogP contribution in [0.4, 0.5) is 4.39 Å². The van der Waals surface area contributed by atoms with Crippen molar-refractivity contribution in [2.24, 2.45) is 0 Å². The number of nitrogens with one attached hydrogen (secondary N) is 1. The third-order valence-corrected chi connectivity index (χ3v) is 2.19. The molecular formula is C11H9FN2O2. The van der Waals surface area contributed by atoms with Gasteiger partial charge in [0, 0.05) is 11.3 Å². The van der Waals surface area contributed by atoms with E-state index in [1.54, 1.807) is 19.1 Å². The lowest BCUT2D eigenvalue weighted by atomic mass is 10.2. The Hall–Kier alpha value is -2.17. The number of H-pyrrole nitrogens is 1. The van der Waals surface area contributed by atoms with E-state index in [0.29, 0.717) is 17.1 Å². The predicted octanol–water partition coefficient (Wildman–Crippen LogP) is 2.22. The molecule has 0 aliphatic carbocycles. The van der Waals surface area contributed by atoms with Crippen molar-refractivity contribution >= 4 is 5.97 Å². The number of aromatic carboxylic acids is 1. The molecule has 0 spiro atoms. The maximum Gasteiger partial charge on any atom is 0.356 e. The zero-order valence-corrected chi connectivity index (χ0v) is 8.49. The lowest BCUT2D eigenvalue weighted by molar-refractivity contribution is 0.0690. The molecule has 2 aromatic rings. The van der Waals surface area contributed by atoms with E-state index in [1.807, 2.05) is 0 Å². The molecule has 0 bridgehead atoms. The highest BCUT2D eigenvalue weighted by atomic mass is 19.1. The van der Waals surface area contributed by atoms with Crippen molar-refractivity contribution in [3.8, 4) is 11.4 Å². The molecule has 0 aliphatic heterocycles. The zero-order valence-electron chi connectivity index (χ0n) is 8.49. The van der Waals surface area contributed by atoms with Crippen LogP contribution in [0.5, 0.6) is 0 Å². The van der Waals surface area contributed by atoms with Gasteiger partial charge in [0.2, 0.25) is 0 Å². The van der Waals surface area contributed by atoms with Gasteiger partial charge in [-0.3, -0.25) is 0 Å². The Morgan fingerprint density at radius 2 is 2.25 bits per heavy atom. The van der Waals surface area contributed by atoms with Crippen molar-refractivity contribution in [1.82, 2.24) is 9.97 Å². The Kier molecular flexibility index (Phi) is 2.44. The molecule has 16 heavy (non-hydrogen) atoms. The number of aromatic nitrogens is 2. The number of carboxylic acid groups (broad SMARTS) is 1. The zero-order chi connectivity index (χ0) is 11.7. The minimum atomic E-state index is -1.10. The second-order valence-corrected chi connectivity index (χ2v) is 3.37. The molecule has 82 valence electrons. The Bertz CT molecular complexity index is 549. The van der Waals surface area contributed by atoms with Crippen molar-refractivity contribution in [3.05, 3.63) is 41.5 Å². The van der Waals surface area contributed by atoms with Crippen LogP contribution in [-0.2, 0) is 0 Å². The molecule has 1 aromatic heterocycles. The van der Waals surface area contributed by atoms with Gasteiger partial charge in [-0.15, -0.1) is 0 Å². The number of aryl methyl sites for hydroxylation is 1. The molecule has 0 saturated heterocycles. The van der Waals surface area contributed by atoms with Gasteiger partial charge in [-0.1, -0.05) is 12.1 Å². The lowest BCUT2D eigenvalue weighted by Gasteiger charge is -1.95. The van der Waals surface area contributed by atoms with Crippen molar-refractivity contribution in [2.45, 2.75) is 6.92 Å². The summed E-state index contributed by atoms with van der Waals surface area (Å²) in [5.74, 6) is -1.13. The van der Waals surface area contributed by atoms with Gasteiger partial charge in [0.05, 0.1) is 0 Å². The number of imidazole rings is 1. The SMILES string of the molecule is Cc1[nH]c(-c2cccc(F)c2)nc1C(=O)O. The average Bonchev–Trinajstić information content (AvgIpc) is 2.60. The number of carboxylic acids is 1. The highest BCUT2D eigenvalue weighted by Crippen LogP contribution is 2.18. The van der Waals surface area contributed by atoms with Crippen molar-refractivity contribution in [1.29, 1.82) is 0 Å². The van der Waals surface area contributed by atoms with Gasteiger partial charge in [-0.2, -0.15) is 0 Å². The second kappa shape index (κ2) is 3.77. The molecule has 0 atom stereocenters. The van der Waals surface area contributed by atoms with Crippen molar-refractivity contribution < 1.29 is 14.3 Å². The Morgan fingerprint density at radius 1 is 1.50 bits per heavy atom. The van der Waals surface area contributed by atoms with Crippen LogP contribution in [0.1, 0.15) is 16.2 Å². The van der Waals surface area contributed by atoms with E-state index in [0.717, 1.165) is 0 Å². The van der Waals surface area contributed by atoms with Crippen LogP contribution in [0.25, 0.3) is 11.4 Å². The first-order valence-corrected chi connectivity index (χ1v) is 4.64. The predicted molar refractivity (Wildman–Crippen MR) is 55.7 cm³/mol. The summed E-state index contributed by atoms with van der Waals surface area (Å²) in [6, 6.07) is 5.82. The van der Waals surface area contributed by atoms with Crippen molar-refractivity contribution in [3.63, 3.8) is 0 Å². The molecule has 0 aliphatic rings. The molecule has 0 amide bonds. The van der Waals surface area contributed by atoms with E-state index in [-0.39, 0.29) is 11.5 Å². The molecule has 4 nitrogen and oxygen atoms in total. The first-order valence-electron chi connectivity index (χ1n) is 4.64. The standard InChI is InChI=1S/C11H9FN2O2/c1-6-9(11(15)16)14-10(13-6)7-3-2-4-8(12)5-7/h2-5H,1H3,(H,13,14)(H,15,16). The molecule has 0 unspecified atom stereocenters. The van der Waals surface area contributed by atoms with Gasteiger partial charge in [0.1, 0.15) is 11.6 Å². The second-order valence-electron chi connectivity index (χ2n) is 3.37. The summed E-state index contributed by atoms with van der Waals surface area (Å²) >= 11 is 0. The highest BCUT2D eigenvalue weighted by molar-refractivity contribution is 5.87. The number of rotatable bonds is 2. The van der Waals surface area contributed by atoms with E-state index < -0.39 is 5.97 Å². The molecule has 1 aromatic carbocycles. The molecule has 0 fully saturated rings. The van der Waals surface area contributed by atoms with Gasteiger partial charge in [0.15, 0.2) is 5.69 Å². The Morgan fingerprint density at radius 3 is 2.81 bits per heavy atom. The number of benzene rings is 1. The molecule has 1 heterocycles. The van der Waals surface area contributed by atoms with Gasteiger partial charge >= 0.3 is 5.97 Å². The fraction of sp³-hybridized carbons (Fsp3) is 0.0909. The number of halogens is 1. The van der Waals surface area contributed by atoms with Crippen molar-refractivity contribution in [2.75, 3.05) is 0 Å². The van der Waals surface area contributed by atoms with Crippen LogP contribution in [0.3, 0.4) is 0 Å². The summed E-state index contributed by atoms with van der Waals surface area (Å²) < 4.78 is 13.0. The number of hydrogen-bond donors (Lipinski definition) is 2. The fourth-order valence-corrected chi connectivity index (χ4v) is 1.44. The van der Waals surface area contributed by atoms with Gasteiger partial charge in [-0.05, 0) is 19.1 Å². The fourth-order valence-electron chi connectivity index (χ4n) is 1.44. The maximum absolute atomic E-state index is 13.0. The smallest absolute Gasteiger partial charge is 0.356 e. The van der Waals surface area contributed by atoms with E-state index in [1.165, 1.54) is 12.1 Å². The normalized spacial score (nSPS) is 10.4. The summed E-state index contributed by atoms with van der Waals surface area (Å²) in [7, 11) is 0. The molecular weight excluding hydrogens is 211 g/mol. The van der Waals surface area contributed by atoms with Gasteiger partial charge in [-0.25, -0.2) is 14.2 Å². The molecule has 0 saturated carbocycles. The van der Waals surface area contributed by atoms with E-state index in [2.05, 4.69) is 9.97 Å². The topological polar surface area (TPSA) is 66.0 Å². The minimum Gasteiger partial charge on any atom is -0.476 e. The van der Waals surface area contributed by atoms with E-state index in [4.69, 9.17) is 5.11 Å². The maximum atomic E-state index is 13.0. The summed E-state index contributed by atoms with van der Waals surface area (Å²) in [6.07, 6.45) is 0. The summed E-state index contributed by atoms with van der Waals surface area (Å²) in [5.41, 5.74) is 0.932. The van der Waals surface area contributed by atoms with Crippen LogP contribution in [0, 0.1) is 12.7 Å². The third kappa shape index (κ3) is 1.79. The molecule has 2 N–H and O–H groups in total. The Balaban J connectivity index is 2.49. The van der Waals surface area contributed by atoms with Crippen LogP contribution in [-0.4, -0.2) is 21.0 Å². The highest BCUT2D eigenvalue weighted by Gasteiger charge is 2.14. The summed E-state index contributed by atoms with van der Waals surface area (Å²) in [5, 5.41) is 8.82. The monoisotopic (exact) mass is 220 g/mol.